The predicted molar refractivity (Wildman–Crippen MR) is 77.8 cm³/mol. The maximum absolute atomic E-state index is 11.7. The monoisotopic (exact) mass is 296 g/mol. The van der Waals surface area contributed by atoms with E-state index in [1.165, 1.54) is 24.2 Å². The maximum atomic E-state index is 11.7. The molecule has 1 fully saturated rings. The molecule has 110 valence electrons. The van der Waals surface area contributed by atoms with Crippen molar-refractivity contribution in [3.05, 3.63) is 21.9 Å². The summed E-state index contributed by atoms with van der Waals surface area (Å²) < 4.78 is 0. The average Bonchev–Trinajstić information content (AvgIpc) is 3.07. The van der Waals surface area contributed by atoms with Gasteiger partial charge in [0, 0.05) is 12.6 Å². The highest BCUT2D eigenvalue weighted by Gasteiger charge is 2.25. The zero-order valence-corrected chi connectivity index (χ0v) is 12.1. The number of hydrazine groups is 1. The van der Waals surface area contributed by atoms with Gasteiger partial charge in [0.15, 0.2) is 0 Å². The molecule has 1 aliphatic rings. The molecule has 2 amide bonds. The van der Waals surface area contributed by atoms with Gasteiger partial charge < -0.3 is 5.73 Å². The molecule has 6 nitrogen and oxygen atoms in total. The Morgan fingerprint density at radius 1 is 1.40 bits per heavy atom. The third-order valence-electron chi connectivity index (χ3n) is 3.66. The summed E-state index contributed by atoms with van der Waals surface area (Å²) in [6, 6.07) is 2.27. The standard InChI is InChI=1S/C13H20N4O2S/c14-11(18)8-17(10-3-1-2-4-10)7-9-5-6-20-12(9)13(19)16-15/h5-6,10H,1-4,7-8,15H2,(H2,14,18)(H,16,19). The molecule has 0 atom stereocenters. The third-order valence-corrected chi connectivity index (χ3v) is 4.61. The van der Waals surface area contributed by atoms with Crippen LogP contribution in [0.25, 0.3) is 0 Å². The highest BCUT2D eigenvalue weighted by molar-refractivity contribution is 7.12. The predicted octanol–water partition coefficient (Wildman–Crippen LogP) is 0.581. The van der Waals surface area contributed by atoms with Crippen LogP contribution in [0.3, 0.4) is 0 Å². The number of hydrogen-bond acceptors (Lipinski definition) is 5. The van der Waals surface area contributed by atoms with Crippen LogP contribution >= 0.6 is 11.3 Å². The van der Waals surface area contributed by atoms with Crippen LogP contribution < -0.4 is 17.0 Å². The number of carbonyl (C=O) groups is 2. The number of amides is 2. The zero-order valence-electron chi connectivity index (χ0n) is 11.3. The smallest absolute Gasteiger partial charge is 0.275 e. The Labute approximate surface area is 122 Å². The van der Waals surface area contributed by atoms with Crippen LogP contribution in [-0.4, -0.2) is 29.3 Å². The van der Waals surface area contributed by atoms with Crippen molar-refractivity contribution in [1.29, 1.82) is 0 Å². The van der Waals surface area contributed by atoms with Gasteiger partial charge in [-0.2, -0.15) is 0 Å². The van der Waals surface area contributed by atoms with Gasteiger partial charge in [0.25, 0.3) is 5.91 Å². The van der Waals surface area contributed by atoms with Gasteiger partial charge in [-0.05, 0) is 29.9 Å². The molecule has 1 aromatic heterocycles. The number of rotatable bonds is 6. The second-order valence-corrected chi connectivity index (χ2v) is 5.97. The van der Waals surface area contributed by atoms with Crippen LogP contribution in [0, 0.1) is 0 Å². The molecular weight excluding hydrogens is 276 g/mol. The Hall–Kier alpha value is -1.44. The second-order valence-electron chi connectivity index (χ2n) is 5.06. The SMILES string of the molecule is NNC(=O)c1sccc1CN(CC(N)=O)C1CCCC1. The van der Waals surface area contributed by atoms with Crippen LogP contribution in [0.4, 0.5) is 0 Å². The van der Waals surface area contributed by atoms with E-state index in [4.69, 9.17) is 11.6 Å². The molecule has 0 saturated heterocycles. The average molecular weight is 296 g/mol. The number of nitrogens with two attached hydrogens (primary N) is 2. The van der Waals surface area contributed by atoms with E-state index in [1.807, 2.05) is 11.4 Å². The van der Waals surface area contributed by atoms with Crippen molar-refractivity contribution in [2.45, 2.75) is 38.3 Å². The van der Waals surface area contributed by atoms with Gasteiger partial charge in [-0.15, -0.1) is 11.3 Å². The Balaban J connectivity index is 2.12. The fourth-order valence-corrected chi connectivity index (χ4v) is 3.55. The van der Waals surface area contributed by atoms with Gasteiger partial charge in [-0.1, -0.05) is 12.8 Å². The van der Waals surface area contributed by atoms with Crippen molar-refractivity contribution in [2.24, 2.45) is 11.6 Å². The van der Waals surface area contributed by atoms with Gasteiger partial charge in [0.1, 0.15) is 0 Å². The van der Waals surface area contributed by atoms with Crippen molar-refractivity contribution in [3.8, 4) is 0 Å². The minimum absolute atomic E-state index is 0.226. The molecule has 0 aliphatic heterocycles. The largest absolute Gasteiger partial charge is 0.369 e. The lowest BCUT2D eigenvalue weighted by Crippen LogP contribution is -2.40. The fraction of sp³-hybridized carbons (Fsp3) is 0.538. The van der Waals surface area contributed by atoms with Crippen molar-refractivity contribution >= 4 is 23.2 Å². The highest BCUT2D eigenvalue weighted by Crippen LogP contribution is 2.26. The normalized spacial score (nSPS) is 15.7. The van der Waals surface area contributed by atoms with Crippen molar-refractivity contribution in [1.82, 2.24) is 10.3 Å². The summed E-state index contributed by atoms with van der Waals surface area (Å²) in [4.78, 5) is 25.6. The molecule has 0 radical (unpaired) electrons. The Morgan fingerprint density at radius 2 is 2.10 bits per heavy atom. The van der Waals surface area contributed by atoms with E-state index in [-0.39, 0.29) is 18.4 Å². The van der Waals surface area contributed by atoms with E-state index >= 15 is 0 Å². The number of thiophene rings is 1. The minimum Gasteiger partial charge on any atom is -0.369 e. The van der Waals surface area contributed by atoms with Gasteiger partial charge in [0.2, 0.25) is 5.91 Å². The molecule has 5 N–H and O–H groups in total. The van der Waals surface area contributed by atoms with Crippen LogP contribution in [0.5, 0.6) is 0 Å². The second kappa shape index (κ2) is 6.83. The molecular formula is C13H20N4O2S. The van der Waals surface area contributed by atoms with Crippen molar-refractivity contribution < 1.29 is 9.59 Å². The van der Waals surface area contributed by atoms with Crippen LogP contribution in [0.1, 0.15) is 40.9 Å². The van der Waals surface area contributed by atoms with E-state index in [1.54, 1.807) is 0 Å². The van der Waals surface area contributed by atoms with Crippen molar-refractivity contribution in [2.75, 3.05) is 6.54 Å². The Kier molecular flexibility index (Phi) is 5.11. The van der Waals surface area contributed by atoms with Crippen LogP contribution in [-0.2, 0) is 11.3 Å². The maximum Gasteiger partial charge on any atom is 0.275 e. The Morgan fingerprint density at radius 3 is 2.70 bits per heavy atom. The van der Waals surface area contributed by atoms with E-state index in [9.17, 15) is 9.59 Å². The molecule has 0 aromatic carbocycles. The lowest BCUT2D eigenvalue weighted by atomic mass is 10.1. The topological polar surface area (TPSA) is 101 Å². The lowest BCUT2D eigenvalue weighted by molar-refractivity contribution is -0.119. The van der Waals surface area contributed by atoms with E-state index in [0.717, 1.165) is 18.4 Å². The quantitative estimate of drug-likeness (QED) is 0.406. The third kappa shape index (κ3) is 3.56. The molecule has 1 aliphatic carbocycles. The van der Waals surface area contributed by atoms with Crippen LogP contribution in [0.2, 0.25) is 0 Å². The first-order chi connectivity index (χ1) is 9.61. The first-order valence-corrected chi connectivity index (χ1v) is 7.59. The number of primary amides is 1. The highest BCUT2D eigenvalue weighted by atomic mass is 32.1. The van der Waals surface area contributed by atoms with E-state index < -0.39 is 0 Å². The van der Waals surface area contributed by atoms with Gasteiger partial charge in [-0.25, -0.2) is 5.84 Å². The van der Waals surface area contributed by atoms with Crippen LogP contribution in [0.15, 0.2) is 11.4 Å². The molecule has 7 heteroatoms. The van der Waals surface area contributed by atoms with E-state index in [0.29, 0.717) is 17.5 Å². The Bertz CT molecular complexity index is 482. The molecule has 1 heterocycles. The number of nitrogens with zero attached hydrogens (tertiary/aromatic N) is 1. The molecule has 2 rings (SSSR count). The number of nitrogen functional groups attached to an aromatic ring is 1. The summed E-state index contributed by atoms with van der Waals surface area (Å²) in [6.07, 6.45) is 4.52. The summed E-state index contributed by atoms with van der Waals surface area (Å²) in [5.74, 6) is 4.56. The van der Waals surface area contributed by atoms with Gasteiger partial charge in [0.05, 0.1) is 11.4 Å². The molecule has 20 heavy (non-hydrogen) atoms. The summed E-state index contributed by atoms with van der Waals surface area (Å²) in [6.45, 7) is 0.782. The summed E-state index contributed by atoms with van der Waals surface area (Å²) in [7, 11) is 0. The molecule has 1 saturated carbocycles. The number of carbonyl (C=O) groups excluding carboxylic acids is 2. The van der Waals surface area contributed by atoms with Crippen molar-refractivity contribution in [3.63, 3.8) is 0 Å². The van der Waals surface area contributed by atoms with E-state index in [2.05, 4.69) is 10.3 Å². The number of nitrogens with one attached hydrogen (secondary N) is 1. The van der Waals surface area contributed by atoms with Gasteiger partial charge in [-0.3, -0.25) is 19.9 Å². The summed E-state index contributed by atoms with van der Waals surface area (Å²) in [5, 5.41) is 1.86. The zero-order chi connectivity index (χ0) is 14.5. The first-order valence-electron chi connectivity index (χ1n) is 6.71. The molecule has 1 aromatic rings. The molecule has 0 spiro atoms. The molecule has 0 bridgehead atoms. The summed E-state index contributed by atoms with van der Waals surface area (Å²) >= 11 is 1.35. The first kappa shape index (κ1) is 15.0. The fourth-order valence-electron chi connectivity index (χ4n) is 2.73. The summed E-state index contributed by atoms with van der Waals surface area (Å²) in [5.41, 5.74) is 8.38. The minimum atomic E-state index is -0.336. The lowest BCUT2D eigenvalue weighted by Gasteiger charge is -2.27. The number of hydrogen-bond donors (Lipinski definition) is 3. The van der Waals surface area contributed by atoms with Gasteiger partial charge >= 0.3 is 0 Å². The molecule has 0 unspecified atom stereocenters.